The van der Waals surface area contributed by atoms with E-state index in [4.69, 9.17) is 0 Å². The summed E-state index contributed by atoms with van der Waals surface area (Å²) in [6, 6.07) is 0. The maximum atomic E-state index is 10.8. The Hall–Kier alpha value is -0.410. The van der Waals surface area contributed by atoms with Gasteiger partial charge in [-0.1, -0.05) is 13.8 Å². The lowest BCUT2D eigenvalue weighted by atomic mass is 9.89. The normalized spacial score (nSPS) is 20.7. The van der Waals surface area contributed by atoms with Crippen LogP contribution >= 0.6 is 0 Å². The number of aliphatic hydroxyl groups is 1. The van der Waals surface area contributed by atoms with Gasteiger partial charge in [0.25, 0.3) is 0 Å². The molecule has 2 N–H and O–H groups in total. The minimum atomic E-state index is -1.02. The molecule has 0 aromatic heterocycles. The van der Waals surface area contributed by atoms with Gasteiger partial charge in [-0.25, -0.2) is 0 Å². The van der Waals surface area contributed by atoms with E-state index in [1.807, 2.05) is 13.8 Å². The second-order valence-corrected chi connectivity index (χ2v) is 2.84. The van der Waals surface area contributed by atoms with Crippen LogP contribution in [0, 0.1) is 0 Å². The second-order valence-electron chi connectivity index (χ2n) is 2.84. The van der Waals surface area contributed by atoms with Crippen molar-refractivity contribution in [3.63, 3.8) is 0 Å². The highest BCUT2D eigenvalue weighted by atomic mass is 16.3. The molecule has 0 spiro atoms. The van der Waals surface area contributed by atoms with Crippen LogP contribution in [0.2, 0.25) is 0 Å². The van der Waals surface area contributed by atoms with E-state index in [1.54, 1.807) is 0 Å². The first-order chi connectivity index (χ1) is 5.65. The summed E-state index contributed by atoms with van der Waals surface area (Å²) in [7, 11) is 0. The summed E-state index contributed by atoms with van der Waals surface area (Å²) in [5, 5.41) is 12.6. The van der Waals surface area contributed by atoms with E-state index in [0.29, 0.717) is 12.8 Å². The Kier molecular flexibility index (Phi) is 5.09. The number of carbonyl (C=O) groups excluding carboxylic acids is 1. The molecule has 1 saturated heterocycles. The maximum Gasteiger partial charge on any atom is 0.161 e. The molecule has 1 rings (SSSR count). The summed E-state index contributed by atoms with van der Waals surface area (Å²) >= 11 is 0. The molecule has 1 heterocycles. The van der Waals surface area contributed by atoms with Gasteiger partial charge in [-0.2, -0.15) is 0 Å². The number of Topliss-reactive ketones (excluding diaryl/α,β-unsaturated/α-hetero) is 1. The number of hydrogen-bond donors (Lipinski definition) is 2. The van der Waals surface area contributed by atoms with E-state index in [2.05, 4.69) is 5.32 Å². The topological polar surface area (TPSA) is 49.3 Å². The SMILES string of the molecule is CC.CC(=O)C1(O)CCNCC1. The van der Waals surface area contributed by atoms with Crippen molar-refractivity contribution in [2.24, 2.45) is 0 Å². The lowest BCUT2D eigenvalue weighted by Gasteiger charge is -2.29. The van der Waals surface area contributed by atoms with Gasteiger partial charge in [0, 0.05) is 0 Å². The first-order valence-electron chi connectivity index (χ1n) is 4.59. The van der Waals surface area contributed by atoms with E-state index in [9.17, 15) is 9.90 Å². The number of ketones is 1. The molecule has 72 valence electrons. The largest absolute Gasteiger partial charge is 0.382 e. The fourth-order valence-electron chi connectivity index (χ4n) is 1.19. The number of rotatable bonds is 1. The average molecular weight is 173 g/mol. The number of nitrogens with one attached hydrogen (secondary N) is 1. The first-order valence-corrected chi connectivity index (χ1v) is 4.59. The first kappa shape index (κ1) is 11.6. The Morgan fingerprint density at radius 1 is 1.33 bits per heavy atom. The zero-order valence-corrected chi connectivity index (χ0v) is 8.18. The lowest BCUT2D eigenvalue weighted by molar-refractivity contribution is -0.137. The van der Waals surface area contributed by atoms with Gasteiger partial charge >= 0.3 is 0 Å². The summed E-state index contributed by atoms with van der Waals surface area (Å²) in [4.78, 5) is 10.8. The van der Waals surface area contributed by atoms with Crippen LogP contribution in [-0.2, 0) is 4.79 Å². The summed E-state index contributed by atoms with van der Waals surface area (Å²) in [6.07, 6.45) is 1.12. The predicted octanol–water partition coefficient (Wildman–Crippen LogP) is 0.716. The molecule has 0 saturated carbocycles. The summed E-state index contributed by atoms with van der Waals surface area (Å²) in [5.41, 5.74) is -1.02. The average Bonchev–Trinajstić information content (AvgIpc) is 2.09. The molecule has 0 aromatic rings. The van der Waals surface area contributed by atoms with Crippen LogP contribution in [0.15, 0.2) is 0 Å². The van der Waals surface area contributed by atoms with Crippen LogP contribution in [0.25, 0.3) is 0 Å². The number of piperidine rings is 1. The zero-order chi connectivity index (χ0) is 9.61. The molecular formula is C9H19NO2. The van der Waals surface area contributed by atoms with Gasteiger partial charge in [0.05, 0.1) is 0 Å². The lowest BCUT2D eigenvalue weighted by Crippen LogP contribution is -2.46. The van der Waals surface area contributed by atoms with Gasteiger partial charge < -0.3 is 10.4 Å². The van der Waals surface area contributed by atoms with E-state index >= 15 is 0 Å². The number of carbonyl (C=O) groups is 1. The molecule has 0 bridgehead atoms. The molecule has 0 aromatic carbocycles. The molecule has 1 fully saturated rings. The third kappa shape index (κ3) is 2.91. The highest BCUT2D eigenvalue weighted by molar-refractivity contribution is 5.84. The molecule has 0 unspecified atom stereocenters. The van der Waals surface area contributed by atoms with Crippen molar-refractivity contribution in [3.8, 4) is 0 Å². The van der Waals surface area contributed by atoms with Crippen LogP contribution in [0.5, 0.6) is 0 Å². The predicted molar refractivity (Wildman–Crippen MR) is 49.1 cm³/mol. The Bertz CT molecular complexity index is 139. The van der Waals surface area contributed by atoms with Crippen LogP contribution in [0.4, 0.5) is 0 Å². The van der Waals surface area contributed by atoms with Crippen molar-refractivity contribution in [1.82, 2.24) is 5.32 Å². The van der Waals surface area contributed by atoms with Crippen molar-refractivity contribution in [3.05, 3.63) is 0 Å². The van der Waals surface area contributed by atoms with Crippen molar-refractivity contribution in [2.75, 3.05) is 13.1 Å². The highest BCUT2D eigenvalue weighted by Crippen LogP contribution is 2.18. The Balaban J connectivity index is 0.000000561. The molecule has 3 heteroatoms. The fraction of sp³-hybridized carbons (Fsp3) is 0.889. The van der Waals surface area contributed by atoms with Crippen molar-refractivity contribution >= 4 is 5.78 Å². The van der Waals surface area contributed by atoms with E-state index in [1.165, 1.54) is 6.92 Å². The minimum absolute atomic E-state index is 0.103. The van der Waals surface area contributed by atoms with E-state index in [0.717, 1.165) is 13.1 Å². The molecule has 12 heavy (non-hydrogen) atoms. The van der Waals surface area contributed by atoms with Gasteiger partial charge in [0.15, 0.2) is 5.78 Å². The summed E-state index contributed by atoms with van der Waals surface area (Å²) in [6.45, 7) is 6.94. The monoisotopic (exact) mass is 173 g/mol. The Labute approximate surface area is 74.2 Å². The van der Waals surface area contributed by atoms with Gasteiger partial charge in [0.1, 0.15) is 5.60 Å². The second kappa shape index (κ2) is 5.27. The summed E-state index contributed by atoms with van der Waals surface area (Å²) < 4.78 is 0. The molecule has 1 aliphatic rings. The molecule has 0 aliphatic carbocycles. The smallest absolute Gasteiger partial charge is 0.161 e. The molecular weight excluding hydrogens is 154 g/mol. The van der Waals surface area contributed by atoms with Crippen LogP contribution in [0.1, 0.15) is 33.6 Å². The number of hydrogen-bond acceptors (Lipinski definition) is 3. The molecule has 1 aliphatic heterocycles. The molecule has 3 nitrogen and oxygen atoms in total. The Morgan fingerprint density at radius 3 is 2.00 bits per heavy atom. The minimum Gasteiger partial charge on any atom is -0.382 e. The molecule has 0 amide bonds. The standard InChI is InChI=1S/C7H13NO2.C2H6/c1-6(9)7(10)2-4-8-5-3-7;1-2/h8,10H,2-5H2,1H3;1-2H3. The highest BCUT2D eigenvalue weighted by Gasteiger charge is 2.33. The maximum absolute atomic E-state index is 10.8. The zero-order valence-electron chi connectivity index (χ0n) is 8.18. The van der Waals surface area contributed by atoms with Crippen LogP contribution in [-0.4, -0.2) is 29.6 Å². The quantitative estimate of drug-likeness (QED) is 0.614. The van der Waals surface area contributed by atoms with Crippen LogP contribution < -0.4 is 5.32 Å². The van der Waals surface area contributed by atoms with Crippen molar-refractivity contribution in [1.29, 1.82) is 0 Å². The third-order valence-electron chi connectivity index (χ3n) is 2.09. The van der Waals surface area contributed by atoms with Gasteiger partial charge in [0.2, 0.25) is 0 Å². The summed E-state index contributed by atoms with van der Waals surface area (Å²) in [5.74, 6) is -0.103. The molecule has 0 radical (unpaired) electrons. The van der Waals surface area contributed by atoms with Gasteiger partial charge in [-0.3, -0.25) is 4.79 Å². The van der Waals surface area contributed by atoms with E-state index in [-0.39, 0.29) is 5.78 Å². The van der Waals surface area contributed by atoms with Crippen molar-refractivity contribution in [2.45, 2.75) is 39.2 Å². The van der Waals surface area contributed by atoms with Gasteiger partial charge in [-0.05, 0) is 32.9 Å². The van der Waals surface area contributed by atoms with E-state index < -0.39 is 5.60 Å². The Morgan fingerprint density at radius 2 is 1.75 bits per heavy atom. The third-order valence-corrected chi connectivity index (χ3v) is 2.09. The van der Waals surface area contributed by atoms with Crippen LogP contribution in [0.3, 0.4) is 0 Å². The van der Waals surface area contributed by atoms with Crippen molar-refractivity contribution < 1.29 is 9.90 Å². The fourth-order valence-corrected chi connectivity index (χ4v) is 1.19. The molecule has 0 atom stereocenters. The van der Waals surface area contributed by atoms with Gasteiger partial charge in [-0.15, -0.1) is 0 Å².